The molecule has 4 aliphatic rings. The molecule has 0 heterocycles. The summed E-state index contributed by atoms with van der Waals surface area (Å²) >= 11 is 0. The van der Waals surface area contributed by atoms with Crippen LogP contribution < -0.4 is 0 Å². The first-order valence-electron chi connectivity index (χ1n) is 10.3. The van der Waals surface area contributed by atoms with E-state index in [4.69, 9.17) is 4.74 Å². The number of aliphatic hydroxyl groups excluding tert-OH is 2. The van der Waals surface area contributed by atoms with E-state index in [1.54, 1.807) is 26.8 Å². The highest BCUT2D eigenvalue weighted by molar-refractivity contribution is 6.04. The van der Waals surface area contributed by atoms with Crippen LogP contribution in [0.25, 0.3) is 0 Å². The van der Waals surface area contributed by atoms with Gasteiger partial charge in [0.2, 0.25) is 0 Å². The zero-order valence-corrected chi connectivity index (χ0v) is 17.8. The predicted molar refractivity (Wildman–Crippen MR) is 107 cm³/mol. The highest BCUT2D eigenvalue weighted by Crippen LogP contribution is 2.76. The minimum absolute atomic E-state index is 0.0377. The van der Waals surface area contributed by atoms with Crippen LogP contribution in [0.15, 0.2) is 35.6 Å². The van der Waals surface area contributed by atoms with Crippen molar-refractivity contribution in [3.8, 4) is 0 Å². The van der Waals surface area contributed by atoms with Gasteiger partial charge in [0.05, 0.1) is 24.1 Å². The van der Waals surface area contributed by atoms with Crippen molar-refractivity contribution in [1.82, 2.24) is 0 Å². The highest BCUT2D eigenvalue weighted by Gasteiger charge is 2.86. The smallest absolute Gasteiger partial charge is 0.190 e. The maximum Gasteiger partial charge on any atom is 0.190 e. The lowest BCUT2D eigenvalue weighted by Crippen LogP contribution is -2.65. The molecule has 0 aliphatic heterocycles. The van der Waals surface area contributed by atoms with Gasteiger partial charge in [-0.1, -0.05) is 39.5 Å². The third-order valence-corrected chi connectivity index (χ3v) is 8.34. The van der Waals surface area contributed by atoms with Crippen molar-refractivity contribution in [1.29, 1.82) is 0 Å². The van der Waals surface area contributed by atoms with Crippen LogP contribution in [-0.2, 0) is 9.53 Å². The summed E-state index contributed by atoms with van der Waals surface area (Å²) in [6.07, 6.45) is 2.40. The number of carbonyl (C=O) groups is 1. The fraction of sp³-hybridized carbons (Fsp3) is 0.696. The molecule has 0 spiro atoms. The van der Waals surface area contributed by atoms with Gasteiger partial charge in [0.25, 0.3) is 0 Å². The largest absolute Gasteiger partial charge is 0.489 e. The van der Waals surface area contributed by atoms with E-state index in [1.807, 2.05) is 19.9 Å². The van der Waals surface area contributed by atoms with Gasteiger partial charge in [-0.25, -0.2) is 0 Å². The molecule has 0 amide bonds. The fourth-order valence-electron chi connectivity index (χ4n) is 6.96. The maximum absolute atomic E-state index is 12.9. The molecular formula is C23H32O6. The van der Waals surface area contributed by atoms with Gasteiger partial charge in [0, 0.05) is 35.5 Å². The number of Topliss-reactive ketones (excluding diaryl/α,β-unsaturated/α-hetero) is 1. The Morgan fingerprint density at radius 1 is 1.31 bits per heavy atom. The number of allylic oxidation sites excluding steroid dienone is 1. The summed E-state index contributed by atoms with van der Waals surface area (Å²) in [6, 6.07) is 0. The standard InChI is InChI=1S/C23H32O6/c1-11(2)29-23-17(20(23,5)6)15-8-14(10-24)9-21(27)16(7-12(3)18(21)25)22(15,28)13(4)19(23)26/h7-8,13,15-17,19,24,26-28H,1,9-10H2,2-6H3/t13-,15+,16-,17-,19-,21-,22-,23-/m1/s1. The molecule has 0 aromatic heterocycles. The summed E-state index contributed by atoms with van der Waals surface area (Å²) in [5.74, 6) is -2.28. The number of hydrogen-bond acceptors (Lipinski definition) is 6. The van der Waals surface area contributed by atoms with E-state index in [9.17, 15) is 25.2 Å². The number of carbonyl (C=O) groups excluding carboxylic acids is 1. The minimum atomic E-state index is -1.83. The number of ketones is 1. The number of fused-ring (bicyclic) bond motifs is 5. The van der Waals surface area contributed by atoms with E-state index in [1.165, 1.54) is 0 Å². The zero-order chi connectivity index (χ0) is 21.7. The molecule has 160 valence electrons. The Hall–Kier alpha value is -1.47. The van der Waals surface area contributed by atoms with Crippen LogP contribution in [0.4, 0.5) is 0 Å². The van der Waals surface area contributed by atoms with E-state index in [0.29, 0.717) is 16.9 Å². The second kappa shape index (κ2) is 5.82. The summed E-state index contributed by atoms with van der Waals surface area (Å²) in [7, 11) is 0. The minimum Gasteiger partial charge on any atom is -0.489 e. The lowest BCUT2D eigenvalue weighted by atomic mass is 9.59. The third-order valence-electron chi connectivity index (χ3n) is 8.34. The van der Waals surface area contributed by atoms with Crippen molar-refractivity contribution in [3.63, 3.8) is 0 Å². The molecule has 2 saturated carbocycles. The van der Waals surface area contributed by atoms with Crippen LogP contribution in [0, 0.1) is 29.1 Å². The topological polar surface area (TPSA) is 107 Å². The van der Waals surface area contributed by atoms with Gasteiger partial charge in [-0.15, -0.1) is 0 Å². The molecule has 0 aromatic rings. The molecule has 0 bridgehead atoms. The molecule has 4 rings (SSSR count). The lowest BCUT2D eigenvalue weighted by molar-refractivity contribution is -0.212. The summed E-state index contributed by atoms with van der Waals surface area (Å²) in [5, 5.41) is 44.9. The average Bonchev–Trinajstić information content (AvgIpc) is 3.06. The molecule has 6 heteroatoms. The van der Waals surface area contributed by atoms with Gasteiger partial charge in [-0.3, -0.25) is 4.79 Å². The van der Waals surface area contributed by atoms with Gasteiger partial charge in [-0.05, 0) is 25.0 Å². The highest BCUT2D eigenvalue weighted by atomic mass is 16.5. The molecule has 4 aliphatic carbocycles. The zero-order valence-electron chi connectivity index (χ0n) is 17.8. The molecule has 0 radical (unpaired) electrons. The average molecular weight is 405 g/mol. The van der Waals surface area contributed by atoms with Crippen molar-refractivity contribution in [2.75, 3.05) is 6.61 Å². The van der Waals surface area contributed by atoms with Crippen molar-refractivity contribution in [2.24, 2.45) is 29.1 Å². The van der Waals surface area contributed by atoms with Crippen LogP contribution in [-0.4, -0.2) is 55.7 Å². The predicted octanol–water partition coefficient (Wildman–Crippen LogP) is 1.49. The Labute approximate surface area is 171 Å². The van der Waals surface area contributed by atoms with Crippen molar-refractivity contribution in [3.05, 3.63) is 35.6 Å². The summed E-state index contributed by atoms with van der Waals surface area (Å²) < 4.78 is 6.14. The number of aliphatic hydroxyl groups is 4. The van der Waals surface area contributed by atoms with Crippen molar-refractivity contribution >= 4 is 5.78 Å². The Bertz CT molecular complexity index is 855. The molecular weight excluding hydrogens is 372 g/mol. The Balaban J connectivity index is 1.94. The van der Waals surface area contributed by atoms with Crippen LogP contribution in [0.3, 0.4) is 0 Å². The Morgan fingerprint density at radius 2 is 1.93 bits per heavy atom. The first-order valence-corrected chi connectivity index (χ1v) is 10.3. The second-order valence-electron chi connectivity index (χ2n) is 10.2. The quantitative estimate of drug-likeness (QED) is 0.419. The molecule has 4 N–H and O–H groups in total. The van der Waals surface area contributed by atoms with Gasteiger partial charge in [-0.2, -0.15) is 0 Å². The number of hydrogen-bond donors (Lipinski definition) is 4. The van der Waals surface area contributed by atoms with E-state index in [0.717, 1.165) is 0 Å². The molecule has 0 unspecified atom stereocenters. The third kappa shape index (κ3) is 2.18. The molecule has 29 heavy (non-hydrogen) atoms. The summed E-state index contributed by atoms with van der Waals surface area (Å²) in [6.45, 7) is 12.6. The van der Waals surface area contributed by atoms with E-state index < -0.39 is 51.9 Å². The summed E-state index contributed by atoms with van der Waals surface area (Å²) in [5.41, 5.74) is -3.88. The first-order chi connectivity index (χ1) is 13.3. The van der Waals surface area contributed by atoms with Crippen LogP contribution in [0.2, 0.25) is 0 Å². The second-order valence-corrected chi connectivity index (χ2v) is 10.2. The van der Waals surface area contributed by atoms with E-state index in [2.05, 4.69) is 6.58 Å². The fourth-order valence-corrected chi connectivity index (χ4v) is 6.96. The van der Waals surface area contributed by atoms with E-state index in [-0.39, 0.29) is 18.9 Å². The van der Waals surface area contributed by atoms with Crippen LogP contribution in [0.5, 0.6) is 0 Å². The SMILES string of the molecule is C=C(C)O[C@@]12[C@H](O)[C@@H](C)[C@@]3(O)[C@@H](C=C(CO)C[C@]4(O)C(=O)C(C)=C[C@@H]34)[C@@H]1C2(C)C. The summed E-state index contributed by atoms with van der Waals surface area (Å²) in [4.78, 5) is 12.9. The normalized spacial score (nSPS) is 49.8. The van der Waals surface area contributed by atoms with E-state index >= 15 is 0 Å². The Kier molecular flexibility index (Phi) is 4.17. The number of rotatable bonds is 3. The van der Waals surface area contributed by atoms with Crippen LogP contribution in [0.1, 0.15) is 41.0 Å². The van der Waals surface area contributed by atoms with Crippen LogP contribution >= 0.6 is 0 Å². The van der Waals surface area contributed by atoms with Crippen molar-refractivity contribution in [2.45, 2.75) is 63.9 Å². The molecule has 0 saturated heterocycles. The van der Waals surface area contributed by atoms with Crippen molar-refractivity contribution < 1.29 is 30.0 Å². The first kappa shape index (κ1) is 20.8. The van der Waals surface area contributed by atoms with Gasteiger partial charge in [0.15, 0.2) is 5.78 Å². The van der Waals surface area contributed by atoms with Gasteiger partial charge in [0.1, 0.15) is 11.2 Å². The number of ether oxygens (including phenoxy) is 1. The Morgan fingerprint density at radius 3 is 2.48 bits per heavy atom. The van der Waals surface area contributed by atoms with Gasteiger partial charge >= 0.3 is 0 Å². The molecule has 2 fully saturated rings. The molecule has 0 aromatic carbocycles. The monoisotopic (exact) mass is 404 g/mol. The molecule has 6 nitrogen and oxygen atoms in total. The lowest BCUT2D eigenvalue weighted by Gasteiger charge is -2.52. The van der Waals surface area contributed by atoms with Gasteiger partial charge < -0.3 is 25.2 Å². The molecule has 8 atom stereocenters. The maximum atomic E-state index is 12.9.